The molecule has 1 aliphatic rings. The first-order chi connectivity index (χ1) is 21.4. The number of fused-ring (bicyclic) bond motifs is 1. The Bertz CT molecular complexity index is 1710. The van der Waals surface area contributed by atoms with Gasteiger partial charge in [0, 0.05) is 30.1 Å². The maximum atomic E-state index is 15.2. The molecule has 3 heterocycles. The van der Waals surface area contributed by atoms with Gasteiger partial charge >= 0.3 is 5.69 Å². The number of alkyl halides is 2. The fourth-order valence-electron chi connectivity index (χ4n) is 5.26. The summed E-state index contributed by atoms with van der Waals surface area (Å²) in [5.41, 5.74) is -0.757. The number of piperidine rings is 1. The minimum absolute atomic E-state index is 0.0371. The van der Waals surface area contributed by atoms with Crippen LogP contribution in [0.4, 0.5) is 13.2 Å². The fraction of sp³-hybridized carbons (Fsp3) is 0.387. The van der Waals surface area contributed by atoms with Gasteiger partial charge in [0.05, 0.1) is 24.1 Å². The van der Waals surface area contributed by atoms with Crippen molar-refractivity contribution in [3.63, 3.8) is 0 Å². The number of carbonyl (C=O) groups is 1. The third kappa shape index (κ3) is 6.62. The average molecular weight is 632 g/mol. The van der Waals surface area contributed by atoms with Crippen molar-refractivity contribution in [3.8, 4) is 17.2 Å². The molecule has 0 saturated carbocycles. The molecule has 1 saturated heterocycles. The van der Waals surface area contributed by atoms with Gasteiger partial charge in [-0.3, -0.25) is 18.7 Å². The number of rotatable bonds is 13. The number of hydrogen-bond donors (Lipinski definition) is 0. The number of carbonyl (C=O) groups excluding carboxylic acids is 1. The van der Waals surface area contributed by atoms with Crippen molar-refractivity contribution in [3.05, 3.63) is 84.9 Å². The van der Waals surface area contributed by atoms with E-state index in [0.29, 0.717) is 56.2 Å². The highest BCUT2D eigenvalue weighted by Gasteiger charge is 2.26. The highest BCUT2D eigenvalue weighted by Crippen LogP contribution is 2.31. The van der Waals surface area contributed by atoms with E-state index in [1.165, 1.54) is 4.57 Å². The van der Waals surface area contributed by atoms with Crippen molar-refractivity contribution >= 4 is 28.6 Å². The molecule has 1 aliphatic heterocycles. The lowest BCUT2D eigenvalue weighted by Crippen LogP contribution is -2.44. The number of amides is 1. The van der Waals surface area contributed by atoms with Crippen LogP contribution < -0.4 is 25.5 Å². The highest BCUT2D eigenvalue weighted by atomic mass is 32.1. The normalized spacial score (nSPS) is 13.9. The topological polar surface area (TPSA) is 92.0 Å². The van der Waals surface area contributed by atoms with Gasteiger partial charge in [0.1, 0.15) is 20.0 Å². The molecule has 1 fully saturated rings. The molecule has 4 aromatic rings. The third-order valence-corrected chi connectivity index (χ3v) is 8.32. The first kappa shape index (κ1) is 31.2. The Morgan fingerprint density at radius 3 is 2.45 bits per heavy atom. The van der Waals surface area contributed by atoms with Gasteiger partial charge in [-0.1, -0.05) is 12.1 Å². The van der Waals surface area contributed by atoms with E-state index >= 15 is 4.39 Å². The molecule has 0 atom stereocenters. The Balaban J connectivity index is 1.58. The quantitative estimate of drug-likeness (QED) is 0.196. The summed E-state index contributed by atoms with van der Waals surface area (Å²) < 4.78 is 60.9. The number of thiophene rings is 1. The Morgan fingerprint density at radius 2 is 1.80 bits per heavy atom. The van der Waals surface area contributed by atoms with Gasteiger partial charge < -0.3 is 19.1 Å². The van der Waals surface area contributed by atoms with Gasteiger partial charge in [0.2, 0.25) is 6.41 Å². The largest absolute Gasteiger partial charge is 0.490 e. The molecule has 234 valence electrons. The van der Waals surface area contributed by atoms with Gasteiger partial charge in [0.25, 0.3) is 5.56 Å². The van der Waals surface area contributed by atoms with E-state index in [1.807, 2.05) is 24.4 Å². The number of hydrogen-bond acceptors (Lipinski definition) is 7. The molecular weight excluding hydrogens is 599 g/mol. The van der Waals surface area contributed by atoms with E-state index < -0.39 is 48.3 Å². The molecule has 0 N–H and O–H groups in total. The number of ether oxygens (including phenoxy) is 3. The summed E-state index contributed by atoms with van der Waals surface area (Å²) in [4.78, 5) is 41.7. The Labute approximate surface area is 255 Å². The van der Waals surface area contributed by atoms with Crippen molar-refractivity contribution in [2.24, 2.45) is 0 Å². The summed E-state index contributed by atoms with van der Waals surface area (Å²) in [6.45, 7) is 0.763. The van der Waals surface area contributed by atoms with Gasteiger partial charge in [-0.15, -0.1) is 11.3 Å². The van der Waals surface area contributed by atoms with E-state index in [-0.39, 0.29) is 17.4 Å². The van der Waals surface area contributed by atoms with Crippen molar-refractivity contribution in [1.29, 1.82) is 0 Å². The second-order valence-corrected chi connectivity index (χ2v) is 11.4. The predicted octanol–water partition coefficient (Wildman–Crippen LogP) is 4.87. The molecule has 44 heavy (non-hydrogen) atoms. The number of aromatic nitrogens is 2. The summed E-state index contributed by atoms with van der Waals surface area (Å²) in [6, 6.07) is 10.7. The van der Waals surface area contributed by atoms with Crippen LogP contribution >= 0.6 is 11.3 Å². The predicted molar refractivity (Wildman–Crippen MR) is 160 cm³/mol. The summed E-state index contributed by atoms with van der Waals surface area (Å²) in [5.74, 6) is -0.507. The second kappa shape index (κ2) is 14.0. The molecule has 0 unspecified atom stereocenters. The molecule has 0 bridgehead atoms. The van der Waals surface area contributed by atoms with Crippen LogP contribution in [0, 0.1) is 5.82 Å². The molecule has 1 amide bonds. The molecule has 5 rings (SSSR count). The molecule has 2 aromatic carbocycles. The van der Waals surface area contributed by atoms with E-state index in [1.54, 1.807) is 34.4 Å². The van der Waals surface area contributed by atoms with Crippen LogP contribution in [0.15, 0.2) is 57.4 Å². The monoisotopic (exact) mass is 631 g/mol. The molecule has 0 spiro atoms. The van der Waals surface area contributed by atoms with Crippen molar-refractivity contribution in [1.82, 2.24) is 14.0 Å². The summed E-state index contributed by atoms with van der Waals surface area (Å²) in [7, 11) is 0. The van der Waals surface area contributed by atoms with Gasteiger partial charge in [-0.25, -0.2) is 18.0 Å². The molecule has 2 aromatic heterocycles. The van der Waals surface area contributed by atoms with E-state index in [2.05, 4.69) is 0 Å². The highest BCUT2D eigenvalue weighted by molar-refractivity contribution is 7.09. The van der Waals surface area contributed by atoms with Crippen LogP contribution in [-0.4, -0.2) is 59.6 Å². The van der Waals surface area contributed by atoms with E-state index in [4.69, 9.17) is 14.2 Å². The summed E-state index contributed by atoms with van der Waals surface area (Å²) >= 11 is 1.56. The van der Waals surface area contributed by atoms with Gasteiger partial charge in [-0.05, 0) is 55.0 Å². The zero-order chi connectivity index (χ0) is 31.2. The van der Waals surface area contributed by atoms with Crippen LogP contribution in [0.25, 0.3) is 10.9 Å². The Morgan fingerprint density at radius 1 is 1.02 bits per heavy atom. The lowest BCUT2D eigenvalue weighted by Gasteiger charge is -2.31. The van der Waals surface area contributed by atoms with Gasteiger partial charge in [-0.2, -0.15) is 0 Å². The smallest absolute Gasteiger partial charge is 0.332 e. The SMILES string of the molecule is CCOc1cc(Cn2c(=O)c3cc(OC(CF)CF)c(F)cc3n(C3CCN(C=O)CC3)c2=O)ccc1OCc1cccs1. The van der Waals surface area contributed by atoms with Crippen molar-refractivity contribution < 1.29 is 32.2 Å². The van der Waals surface area contributed by atoms with Crippen LogP contribution in [0.3, 0.4) is 0 Å². The number of benzene rings is 2. The summed E-state index contributed by atoms with van der Waals surface area (Å²) in [5, 5.41) is 1.91. The first-order valence-electron chi connectivity index (χ1n) is 14.2. The summed E-state index contributed by atoms with van der Waals surface area (Å²) in [6.07, 6.45) is 0.00221. The van der Waals surface area contributed by atoms with Crippen molar-refractivity contribution in [2.75, 3.05) is 33.0 Å². The maximum Gasteiger partial charge on any atom is 0.332 e. The zero-order valence-electron chi connectivity index (χ0n) is 24.0. The van der Waals surface area contributed by atoms with E-state index in [0.717, 1.165) is 28.0 Å². The lowest BCUT2D eigenvalue weighted by molar-refractivity contribution is -0.119. The zero-order valence-corrected chi connectivity index (χ0v) is 24.9. The number of likely N-dealkylation sites (tertiary alicyclic amines) is 1. The second-order valence-electron chi connectivity index (χ2n) is 10.3. The molecular formula is C31H32F3N3O6S. The van der Waals surface area contributed by atoms with Gasteiger partial charge in [0.15, 0.2) is 29.2 Å². The average Bonchev–Trinajstić information content (AvgIpc) is 3.56. The van der Waals surface area contributed by atoms with Crippen LogP contribution in [0.1, 0.15) is 36.2 Å². The molecule has 9 nitrogen and oxygen atoms in total. The first-order valence-corrected chi connectivity index (χ1v) is 15.1. The minimum Gasteiger partial charge on any atom is -0.490 e. The maximum absolute atomic E-state index is 15.2. The third-order valence-electron chi connectivity index (χ3n) is 7.47. The Kier molecular flexibility index (Phi) is 9.93. The van der Waals surface area contributed by atoms with Crippen LogP contribution in [-0.2, 0) is 17.9 Å². The minimum atomic E-state index is -1.54. The van der Waals surface area contributed by atoms with Crippen LogP contribution in [0.5, 0.6) is 17.2 Å². The molecule has 0 aliphatic carbocycles. The van der Waals surface area contributed by atoms with E-state index in [9.17, 15) is 23.2 Å². The van der Waals surface area contributed by atoms with Crippen molar-refractivity contribution in [2.45, 2.75) is 45.1 Å². The molecule has 0 radical (unpaired) electrons. The Hall–Kier alpha value is -4.26. The lowest BCUT2D eigenvalue weighted by atomic mass is 10.0. The number of halogens is 3. The standard InChI is InChI=1S/C31H32F3N3O6S/c1-2-41-29-12-20(5-6-27(29)42-18-23-4-3-11-44-23)17-36-30(39)24-13-28(43-22(15-32)16-33)25(34)14-26(24)37(31(36)40)21-7-9-35(19-38)10-8-21/h3-6,11-14,19,21-22H,2,7-10,15-18H2,1H3. The number of nitrogens with zero attached hydrogens (tertiary/aromatic N) is 3. The fourth-order valence-corrected chi connectivity index (χ4v) is 5.88. The molecule has 13 heteroatoms. The van der Waals surface area contributed by atoms with Crippen LogP contribution in [0.2, 0.25) is 0 Å².